The van der Waals surface area contributed by atoms with Gasteiger partial charge in [-0.1, -0.05) is 13.8 Å². The molecule has 1 aromatic rings. The summed E-state index contributed by atoms with van der Waals surface area (Å²) in [6.45, 7) is 8.58. The van der Waals surface area contributed by atoms with E-state index >= 15 is 0 Å². The molecule has 0 saturated carbocycles. The second-order valence-corrected chi connectivity index (χ2v) is 4.24. The van der Waals surface area contributed by atoms with Crippen molar-refractivity contribution < 1.29 is 4.42 Å². The van der Waals surface area contributed by atoms with Gasteiger partial charge in [0.2, 0.25) is 5.89 Å². The van der Waals surface area contributed by atoms with Crippen molar-refractivity contribution in [2.75, 3.05) is 13.1 Å². The lowest BCUT2D eigenvalue weighted by Gasteiger charge is -2.18. The van der Waals surface area contributed by atoms with Crippen LogP contribution in [0.4, 0.5) is 0 Å². The molecule has 1 rings (SSSR count). The molecule has 1 aromatic heterocycles. The van der Waals surface area contributed by atoms with Crippen LogP contribution in [0.3, 0.4) is 0 Å². The average molecular weight is 211 g/mol. The van der Waals surface area contributed by atoms with Gasteiger partial charge < -0.3 is 15.5 Å². The van der Waals surface area contributed by atoms with Crippen molar-refractivity contribution in [3.05, 3.63) is 17.8 Å². The highest BCUT2D eigenvalue weighted by atomic mass is 16.4. The molecule has 0 aliphatic heterocycles. The van der Waals surface area contributed by atoms with Crippen LogP contribution < -0.4 is 11.1 Å². The van der Waals surface area contributed by atoms with Gasteiger partial charge in [0.25, 0.3) is 0 Å². The molecule has 0 aromatic carbocycles. The molecule has 86 valence electrons. The third-order valence-electron chi connectivity index (χ3n) is 2.60. The lowest BCUT2D eigenvalue weighted by atomic mass is 9.96. The van der Waals surface area contributed by atoms with Gasteiger partial charge in [-0.3, -0.25) is 0 Å². The smallest absolute Gasteiger partial charge is 0.208 e. The van der Waals surface area contributed by atoms with E-state index in [0.29, 0.717) is 18.4 Å². The number of hydrogen-bond acceptors (Lipinski definition) is 4. The van der Waals surface area contributed by atoms with Crippen molar-refractivity contribution in [3.63, 3.8) is 0 Å². The Morgan fingerprint density at radius 2 is 2.27 bits per heavy atom. The van der Waals surface area contributed by atoms with E-state index in [1.807, 2.05) is 6.92 Å². The maximum Gasteiger partial charge on any atom is 0.208 e. The van der Waals surface area contributed by atoms with Crippen LogP contribution in [-0.4, -0.2) is 18.1 Å². The molecule has 0 amide bonds. The molecule has 0 aliphatic carbocycles. The van der Waals surface area contributed by atoms with Crippen LogP contribution in [0, 0.1) is 18.8 Å². The zero-order chi connectivity index (χ0) is 11.3. The summed E-state index contributed by atoms with van der Waals surface area (Å²) < 4.78 is 5.35. The van der Waals surface area contributed by atoms with Gasteiger partial charge >= 0.3 is 0 Å². The number of nitrogens with one attached hydrogen (secondary N) is 1. The Balaban J connectivity index is 2.26. The van der Waals surface area contributed by atoms with Crippen molar-refractivity contribution in [1.29, 1.82) is 0 Å². The lowest BCUT2D eigenvalue weighted by Crippen LogP contribution is -2.31. The number of rotatable bonds is 6. The number of oxazole rings is 1. The number of hydrogen-bond donors (Lipinski definition) is 2. The Labute approximate surface area is 91.3 Å². The van der Waals surface area contributed by atoms with Crippen LogP contribution >= 0.6 is 0 Å². The molecule has 0 fully saturated rings. The summed E-state index contributed by atoms with van der Waals surface area (Å²) in [5, 5.41) is 3.31. The van der Waals surface area contributed by atoms with Crippen molar-refractivity contribution in [2.24, 2.45) is 17.6 Å². The first-order valence-corrected chi connectivity index (χ1v) is 5.45. The van der Waals surface area contributed by atoms with E-state index < -0.39 is 0 Å². The highest BCUT2D eigenvalue weighted by Gasteiger charge is 2.11. The molecule has 0 aliphatic rings. The van der Waals surface area contributed by atoms with Gasteiger partial charge in [0.1, 0.15) is 5.76 Å². The molecule has 1 atom stereocenters. The number of nitrogens with two attached hydrogens (primary N) is 1. The fourth-order valence-corrected chi connectivity index (χ4v) is 1.44. The maximum atomic E-state index is 5.68. The third-order valence-corrected chi connectivity index (χ3v) is 2.60. The predicted molar refractivity (Wildman–Crippen MR) is 60.3 cm³/mol. The van der Waals surface area contributed by atoms with E-state index in [1.165, 1.54) is 0 Å². The third kappa shape index (κ3) is 4.01. The Morgan fingerprint density at radius 3 is 2.73 bits per heavy atom. The van der Waals surface area contributed by atoms with Gasteiger partial charge in [-0.15, -0.1) is 0 Å². The number of nitrogens with zero attached hydrogens (tertiary/aromatic N) is 1. The molecule has 0 saturated heterocycles. The molecular formula is C11H21N3O. The van der Waals surface area contributed by atoms with Gasteiger partial charge in [0.05, 0.1) is 12.7 Å². The van der Waals surface area contributed by atoms with E-state index in [-0.39, 0.29) is 0 Å². The Hall–Kier alpha value is -0.870. The Morgan fingerprint density at radius 1 is 1.53 bits per heavy atom. The first-order chi connectivity index (χ1) is 7.13. The Kier molecular flexibility index (Phi) is 4.78. The standard InChI is InChI=1S/C11H21N3O/c1-8(2)10(4-12)6-13-7-11-14-5-9(3)15-11/h5,8,10,13H,4,6-7,12H2,1-3H3. The molecule has 4 heteroatoms. The largest absolute Gasteiger partial charge is 0.445 e. The van der Waals surface area contributed by atoms with Crippen LogP contribution in [0.25, 0.3) is 0 Å². The van der Waals surface area contributed by atoms with Crippen LogP contribution in [0.5, 0.6) is 0 Å². The monoisotopic (exact) mass is 211 g/mol. The summed E-state index contributed by atoms with van der Waals surface area (Å²) in [6.07, 6.45) is 1.74. The first-order valence-electron chi connectivity index (χ1n) is 5.45. The topological polar surface area (TPSA) is 64.1 Å². The van der Waals surface area contributed by atoms with Gasteiger partial charge in [0, 0.05) is 0 Å². The summed E-state index contributed by atoms with van der Waals surface area (Å²) in [4.78, 5) is 4.12. The van der Waals surface area contributed by atoms with Crippen LogP contribution in [-0.2, 0) is 6.54 Å². The fraction of sp³-hybridized carbons (Fsp3) is 0.727. The van der Waals surface area contributed by atoms with E-state index in [1.54, 1.807) is 6.20 Å². The summed E-state index contributed by atoms with van der Waals surface area (Å²) in [5.74, 6) is 2.72. The highest BCUT2D eigenvalue weighted by molar-refractivity contribution is 4.90. The molecular weight excluding hydrogens is 190 g/mol. The second-order valence-electron chi connectivity index (χ2n) is 4.24. The minimum Gasteiger partial charge on any atom is -0.445 e. The number of aryl methyl sites for hydroxylation is 1. The van der Waals surface area contributed by atoms with Crippen LogP contribution in [0.1, 0.15) is 25.5 Å². The summed E-state index contributed by atoms with van der Waals surface area (Å²) in [5.41, 5.74) is 5.68. The first kappa shape index (κ1) is 12.2. The zero-order valence-electron chi connectivity index (χ0n) is 9.79. The summed E-state index contributed by atoms with van der Waals surface area (Å²) in [6, 6.07) is 0. The van der Waals surface area contributed by atoms with E-state index in [0.717, 1.165) is 24.7 Å². The van der Waals surface area contributed by atoms with Crippen molar-refractivity contribution in [2.45, 2.75) is 27.3 Å². The molecule has 4 nitrogen and oxygen atoms in total. The lowest BCUT2D eigenvalue weighted by molar-refractivity contribution is 0.357. The highest BCUT2D eigenvalue weighted by Crippen LogP contribution is 2.08. The van der Waals surface area contributed by atoms with Gasteiger partial charge in [0.15, 0.2) is 0 Å². The normalized spacial score (nSPS) is 13.4. The summed E-state index contributed by atoms with van der Waals surface area (Å²) >= 11 is 0. The summed E-state index contributed by atoms with van der Waals surface area (Å²) in [7, 11) is 0. The van der Waals surface area contributed by atoms with E-state index in [2.05, 4.69) is 24.1 Å². The van der Waals surface area contributed by atoms with Crippen molar-refractivity contribution in [1.82, 2.24) is 10.3 Å². The van der Waals surface area contributed by atoms with E-state index in [9.17, 15) is 0 Å². The van der Waals surface area contributed by atoms with Gasteiger partial charge in [-0.05, 0) is 31.8 Å². The molecule has 0 spiro atoms. The van der Waals surface area contributed by atoms with Crippen LogP contribution in [0.15, 0.2) is 10.6 Å². The SMILES string of the molecule is Cc1cnc(CNCC(CN)C(C)C)o1. The average Bonchev–Trinajstić information content (AvgIpc) is 2.58. The maximum absolute atomic E-state index is 5.68. The van der Waals surface area contributed by atoms with Crippen LogP contribution in [0.2, 0.25) is 0 Å². The fourth-order valence-electron chi connectivity index (χ4n) is 1.44. The quantitative estimate of drug-likeness (QED) is 0.744. The molecule has 1 unspecified atom stereocenters. The molecule has 1 heterocycles. The molecule has 0 bridgehead atoms. The molecule has 0 radical (unpaired) electrons. The minimum absolute atomic E-state index is 0.515. The predicted octanol–water partition coefficient (Wildman–Crippen LogP) is 1.30. The van der Waals surface area contributed by atoms with Crippen molar-refractivity contribution in [3.8, 4) is 0 Å². The minimum atomic E-state index is 0.515. The van der Waals surface area contributed by atoms with Gasteiger partial charge in [-0.2, -0.15) is 0 Å². The van der Waals surface area contributed by atoms with Crippen molar-refractivity contribution >= 4 is 0 Å². The second kappa shape index (κ2) is 5.88. The zero-order valence-corrected chi connectivity index (χ0v) is 9.79. The van der Waals surface area contributed by atoms with Gasteiger partial charge in [-0.25, -0.2) is 4.98 Å². The molecule has 3 N–H and O–H groups in total. The molecule has 15 heavy (non-hydrogen) atoms. The Bertz CT molecular complexity index is 283. The number of aromatic nitrogens is 1. The van der Waals surface area contributed by atoms with E-state index in [4.69, 9.17) is 10.2 Å².